The zero-order valence-electron chi connectivity index (χ0n) is 13.6. The molecular formula is C18H15N5O3. The highest BCUT2D eigenvalue weighted by Crippen LogP contribution is 2.22. The fraction of sp³-hybridized carbons (Fsp3) is 0. The number of aromatic nitrogens is 2. The molecule has 3 aromatic rings. The van der Waals surface area contributed by atoms with Crippen molar-refractivity contribution >= 4 is 23.4 Å². The van der Waals surface area contributed by atoms with Crippen LogP contribution in [-0.4, -0.2) is 20.6 Å². The van der Waals surface area contributed by atoms with E-state index in [4.69, 9.17) is 0 Å². The van der Waals surface area contributed by atoms with Crippen molar-refractivity contribution in [3.63, 3.8) is 0 Å². The number of hydrogen-bond acceptors (Lipinski definition) is 5. The highest BCUT2D eigenvalue weighted by Gasteiger charge is 2.12. The second-order valence-electron chi connectivity index (χ2n) is 5.28. The second-order valence-corrected chi connectivity index (χ2v) is 5.28. The summed E-state index contributed by atoms with van der Waals surface area (Å²) in [6, 6.07) is 15.6. The number of para-hydroxylation sites is 3. The van der Waals surface area contributed by atoms with Gasteiger partial charge in [-0.25, -0.2) is 4.68 Å². The lowest BCUT2D eigenvalue weighted by Gasteiger charge is -2.06. The van der Waals surface area contributed by atoms with Crippen LogP contribution in [-0.2, 0) is 4.79 Å². The van der Waals surface area contributed by atoms with Gasteiger partial charge in [0, 0.05) is 23.9 Å². The number of anilines is 1. The number of amides is 1. The average Bonchev–Trinajstić information content (AvgIpc) is 3.14. The van der Waals surface area contributed by atoms with Gasteiger partial charge in [0.05, 0.1) is 16.8 Å². The number of nitrogens with one attached hydrogen (secondary N) is 2. The van der Waals surface area contributed by atoms with Crippen molar-refractivity contribution in [3.8, 4) is 5.69 Å². The van der Waals surface area contributed by atoms with Crippen LogP contribution in [0.2, 0.25) is 0 Å². The number of carbonyl (C=O) groups is 1. The molecule has 0 bridgehead atoms. The predicted molar refractivity (Wildman–Crippen MR) is 97.5 cm³/mol. The van der Waals surface area contributed by atoms with Crippen LogP contribution in [0.15, 0.2) is 73.1 Å². The molecule has 0 spiro atoms. The lowest BCUT2D eigenvalue weighted by atomic mass is 10.3. The molecule has 0 aliphatic rings. The van der Waals surface area contributed by atoms with E-state index in [1.807, 2.05) is 30.3 Å². The van der Waals surface area contributed by atoms with E-state index >= 15 is 0 Å². The number of rotatable bonds is 6. The van der Waals surface area contributed by atoms with Gasteiger partial charge < -0.3 is 0 Å². The summed E-state index contributed by atoms with van der Waals surface area (Å²) in [5.74, 6) is -0.449. The maximum absolute atomic E-state index is 11.9. The predicted octanol–water partition coefficient (Wildman–Crippen LogP) is 2.94. The first kappa shape index (κ1) is 16.9. The highest BCUT2D eigenvalue weighted by atomic mass is 16.6. The molecule has 0 aliphatic heterocycles. The molecule has 0 fully saturated rings. The van der Waals surface area contributed by atoms with Crippen molar-refractivity contribution < 1.29 is 9.72 Å². The lowest BCUT2D eigenvalue weighted by Crippen LogP contribution is -2.27. The van der Waals surface area contributed by atoms with Gasteiger partial charge in [0.25, 0.3) is 11.6 Å². The van der Waals surface area contributed by atoms with E-state index in [0.717, 1.165) is 11.3 Å². The number of hydrogen-bond donors (Lipinski definition) is 2. The third kappa shape index (κ3) is 4.12. The van der Waals surface area contributed by atoms with Crippen LogP contribution in [0.1, 0.15) is 5.56 Å². The quantitative estimate of drug-likeness (QED) is 0.405. The van der Waals surface area contributed by atoms with Gasteiger partial charge in [0.15, 0.2) is 0 Å². The topological polar surface area (TPSA) is 102 Å². The van der Waals surface area contributed by atoms with Gasteiger partial charge in [0.2, 0.25) is 0 Å². The zero-order chi connectivity index (χ0) is 18.4. The molecule has 8 heteroatoms. The molecule has 0 atom stereocenters. The Kier molecular flexibility index (Phi) is 5.04. The fourth-order valence-electron chi connectivity index (χ4n) is 2.23. The Morgan fingerprint density at radius 1 is 1.12 bits per heavy atom. The summed E-state index contributed by atoms with van der Waals surface area (Å²) in [6.07, 6.45) is 6.33. The van der Waals surface area contributed by atoms with E-state index in [1.165, 1.54) is 18.2 Å². The first-order chi connectivity index (χ1) is 12.6. The maximum Gasteiger partial charge on any atom is 0.294 e. The van der Waals surface area contributed by atoms with Crippen molar-refractivity contribution in [3.05, 3.63) is 88.7 Å². The van der Waals surface area contributed by atoms with Gasteiger partial charge in [-0.3, -0.25) is 25.8 Å². The summed E-state index contributed by atoms with van der Waals surface area (Å²) in [5.41, 5.74) is 6.68. The van der Waals surface area contributed by atoms with Gasteiger partial charge in [-0.2, -0.15) is 5.10 Å². The van der Waals surface area contributed by atoms with Gasteiger partial charge in [-0.05, 0) is 24.3 Å². The molecule has 0 radical (unpaired) electrons. The second kappa shape index (κ2) is 7.75. The molecule has 0 unspecified atom stereocenters. The van der Waals surface area contributed by atoms with Crippen LogP contribution in [0.3, 0.4) is 0 Å². The number of nitro groups is 1. The molecule has 130 valence electrons. The van der Waals surface area contributed by atoms with Crippen LogP contribution < -0.4 is 10.9 Å². The normalized spacial score (nSPS) is 10.6. The van der Waals surface area contributed by atoms with Crippen LogP contribution >= 0.6 is 0 Å². The molecule has 1 aromatic heterocycles. The van der Waals surface area contributed by atoms with Crippen molar-refractivity contribution in [1.29, 1.82) is 0 Å². The van der Waals surface area contributed by atoms with E-state index in [1.54, 1.807) is 35.3 Å². The zero-order valence-corrected chi connectivity index (χ0v) is 13.6. The summed E-state index contributed by atoms with van der Waals surface area (Å²) in [6.45, 7) is 0. The minimum Gasteiger partial charge on any atom is -0.292 e. The third-order valence-corrected chi connectivity index (χ3v) is 3.47. The van der Waals surface area contributed by atoms with E-state index in [-0.39, 0.29) is 11.4 Å². The number of nitrogens with zero attached hydrogens (tertiary/aromatic N) is 3. The monoisotopic (exact) mass is 349 g/mol. The van der Waals surface area contributed by atoms with Gasteiger partial charge in [0.1, 0.15) is 5.69 Å². The minimum atomic E-state index is -0.525. The Hall–Kier alpha value is -3.94. The maximum atomic E-state index is 11.9. The number of nitro benzene ring substituents is 1. The smallest absolute Gasteiger partial charge is 0.292 e. The summed E-state index contributed by atoms with van der Waals surface area (Å²) in [5, 5.41) is 15.2. The molecule has 1 heterocycles. The van der Waals surface area contributed by atoms with Gasteiger partial charge >= 0.3 is 0 Å². The molecule has 2 aromatic carbocycles. The molecule has 26 heavy (non-hydrogen) atoms. The summed E-state index contributed by atoms with van der Waals surface area (Å²) in [4.78, 5) is 22.3. The fourth-order valence-corrected chi connectivity index (χ4v) is 2.23. The van der Waals surface area contributed by atoms with E-state index < -0.39 is 10.8 Å². The molecule has 3 rings (SSSR count). The Morgan fingerprint density at radius 2 is 1.85 bits per heavy atom. The molecule has 0 saturated carbocycles. The molecule has 1 amide bonds. The highest BCUT2D eigenvalue weighted by molar-refractivity contribution is 5.92. The standard InChI is InChI=1S/C18H15N5O3/c24-18(21-20-16-8-4-5-9-17(16)23(25)26)11-10-14-12-19-22(13-14)15-6-2-1-3-7-15/h1-13,20H,(H,21,24)/b11-10+. The number of benzene rings is 2. The van der Waals surface area contributed by atoms with Crippen molar-refractivity contribution in [2.24, 2.45) is 0 Å². The van der Waals surface area contributed by atoms with Crippen LogP contribution in [0.5, 0.6) is 0 Å². The van der Waals surface area contributed by atoms with Crippen LogP contribution in [0.4, 0.5) is 11.4 Å². The number of carbonyl (C=O) groups excluding carboxylic acids is 1. The van der Waals surface area contributed by atoms with Crippen LogP contribution in [0, 0.1) is 10.1 Å². The lowest BCUT2D eigenvalue weighted by molar-refractivity contribution is -0.384. The summed E-state index contributed by atoms with van der Waals surface area (Å²) >= 11 is 0. The van der Waals surface area contributed by atoms with Gasteiger partial charge in [-0.1, -0.05) is 30.3 Å². The first-order valence-electron chi connectivity index (χ1n) is 7.71. The summed E-state index contributed by atoms with van der Waals surface area (Å²) < 4.78 is 1.70. The number of hydrazine groups is 1. The van der Waals surface area contributed by atoms with E-state index in [2.05, 4.69) is 16.0 Å². The van der Waals surface area contributed by atoms with Crippen molar-refractivity contribution in [2.75, 3.05) is 5.43 Å². The molecular weight excluding hydrogens is 334 g/mol. The largest absolute Gasteiger partial charge is 0.294 e. The van der Waals surface area contributed by atoms with Crippen LogP contribution in [0.25, 0.3) is 11.8 Å². The Balaban J connectivity index is 1.61. The minimum absolute atomic E-state index is 0.124. The molecule has 8 nitrogen and oxygen atoms in total. The average molecular weight is 349 g/mol. The molecule has 0 aliphatic carbocycles. The van der Waals surface area contributed by atoms with E-state index in [0.29, 0.717) is 0 Å². The third-order valence-electron chi connectivity index (χ3n) is 3.47. The molecule has 2 N–H and O–H groups in total. The molecule has 0 saturated heterocycles. The van der Waals surface area contributed by atoms with Crippen molar-refractivity contribution in [1.82, 2.24) is 15.2 Å². The summed E-state index contributed by atoms with van der Waals surface area (Å²) in [7, 11) is 0. The Morgan fingerprint density at radius 3 is 2.62 bits per heavy atom. The SMILES string of the molecule is O=C(/C=C/c1cnn(-c2ccccc2)c1)NNc1ccccc1[N+](=O)[O-]. The van der Waals surface area contributed by atoms with E-state index in [9.17, 15) is 14.9 Å². The van der Waals surface area contributed by atoms with Gasteiger partial charge in [-0.15, -0.1) is 0 Å². The Bertz CT molecular complexity index is 950. The first-order valence-corrected chi connectivity index (χ1v) is 7.71. The Labute approximate surface area is 148 Å². The van der Waals surface area contributed by atoms with Crippen molar-refractivity contribution in [2.45, 2.75) is 0 Å².